The minimum absolute atomic E-state index is 0.0210. The molecule has 0 bridgehead atoms. The first-order valence-corrected chi connectivity index (χ1v) is 10.2. The molecule has 0 unspecified atom stereocenters. The molecule has 1 aromatic heterocycles. The van der Waals surface area contributed by atoms with Crippen molar-refractivity contribution in [3.05, 3.63) is 47.3 Å². The summed E-state index contributed by atoms with van der Waals surface area (Å²) >= 11 is 0. The lowest BCUT2D eigenvalue weighted by Crippen LogP contribution is -2.44. The van der Waals surface area contributed by atoms with E-state index >= 15 is 0 Å². The summed E-state index contributed by atoms with van der Waals surface area (Å²) in [5, 5.41) is 15.6. The third-order valence-corrected chi connectivity index (χ3v) is 5.91. The van der Waals surface area contributed by atoms with Crippen LogP contribution in [0.25, 0.3) is 0 Å². The van der Waals surface area contributed by atoms with Gasteiger partial charge in [0.05, 0.1) is 19.3 Å². The molecule has 1 aromatic carbocycles. The lowest BCUT2D eigenvalue weighted by molar-refractivity contribution is -0.0300. The summed E-state index contributed by atoms with van der Waals surface area (Å²) in [5.74, 6) is 0.591. The van der Waals surface area contributed by atoms with Gasteiger partial charge in [0.25, 0.3) is 0 Å². The van der Waals surface area contributed by atoms with Crippen LogP contribution in [0.1, 0.15) is 55.2 Å². The molecule has 0 saturated carbocycles. The Morgan fingerprint density at radius 3 is 2.93 bits per heavy atom. The largest absolute Gasteiger partial charge is 0.380 e. The molecule has 0 amide bonds. The van der Waals surface area contributed by atoms with E-state index in [1.54, 1.807) is 4.68 Å². The van der Waals surface area contributed by atoms with Crippen LogP contribution in [0.5, 0.6) is 0 Å². The Morgan fingerprint density at radius 1 is 1.39 bits per heavy atom. The zero-order valence-corrected chi connectivity index (χ0v) is 16.9. The first-order valence-electron chi connectivity index (χ1n) is 10.2. The number of aliphatic hydroxyl groups is 1. The third kappa shape index (κ3) is 3.05. The van der Waals surface area contributed by atoms with E-state index in [9.17, 15) is 9.90 Å². The quantitative estimate of drug-likeness (QED) is 0.744. The van der Waals surface area contributed by atoms with E-state index in [1.807, 2.05) is 42.3 Å². The van der Waals surface area contributed by atoms with Crippen LogP contribution in [-0.2, 0) is 23.3 Å². The molecule has 150 valence electrons. The number of hydrogen-bond acceptors (Lipinski definition) is 5. The predicted octanol–water partition coefficient (Wildman–Crippen LogP) is 3.13. The van der Waals surface area contributed by atoms with E-state index in [4.69, 9.17) is 4.74 Å². The predicted molar refractivity (Wildman–Crippen MR) is 107 cm³/mol. The van der Waals surface area contributed by atoms with Crippen LogP contribution in [0, 0.1) is 5.92 Å². The molecular formula is C22H29N3O3. The van der Waals surface area contributed by atoms with Crippen molar-refractivity contribution in [1.82, 2.24) is 9.78 Å². The van der Waals surface area contributed by atoms with Gasteiger partial charge in [0.1, 0.15) is 11.3 Å². The molecular weight excluding hydrogens is 354 g/mol. The fraction of sp³-hybridized carbons (Fsp3) is 0.545. The van der Waals surface area contributed by atoms with Crippen LogP contribution in [0.15, 0.2) is 30.5 Å². The molecule has 2 aliphatic rings. The standard InChI is InChI=1S/C22H29N3O3/c1-4-25-20(16(13-23-25)10-9-15(2)3)19(26)14-24-18-8-6-5-7-17(18)22(27)11-12-28-21(22)24/h5-8,13,15,21,27H,4,9-12,14H2,1-3H3/t21-,22+/m0/s1. The first kappa shape index (κ1) is 19.2. The Hall–Kier alpha value is -2.18. The van der Waals surface area contributed by atoms with E-state index in [1.165, 1.54) is 0 Å². The number of carbonyl (C=O) groups is 1. The number of hydrogen-bond donors (Lipinski definition) is 1. The monoisotopic (exact) mass is 383 g/mol. The molecule has 2 atom stereocenters. The summed E-state index contributed by atoms with van der Waals surface area (Å²) in [6.07, 6.45) is 3.74. The van der Waals surface area contributed by atoms with Crippen LogP contribution >= 0.6 is 0 Å². The molecule has 0 spiro atoms. The van der Waals surface area contributed by atoms with Crippen molar-refractivity contribution in [1.29, 1.82) is 0 Å². The lowest BCUT2D eigenvalue weighted by Gasteiger charge is -2.28. The zero-order chi connectivity index (χ0) is 19.9. The number of benzene rings is 1. The fourth-order valence-corrected chi connectivity index (χ4v) is 4.43. The highest BCUT2D eigenvalue weighted by molar-refractivity contribution is 5.99. The Bertz CT molecular complexity index is 876. The molecule has 0 aliphatic carbocycles. The van der Waals surface area contributed by atoms with Crippen molar-refractivity contribution in [2.24, 2.45) is 5.92 Å². The average molecular weight is 383 g/mol. The second-order valence-electron chi connectivity index (χ2n) is 8.23. The highest BCUT2D eigenvalue weighted by Gasteiger charge is 2.54. The summed E-state index contributed by atoms with van der Waals surface area (Å²) < 4.78 is 7.65. The molecule has 3 heterocycles. The van der Waals surface area contributed by atoms with Gasteiger partial charge in [0.2, 0.25) is 0 Å². The summed E-state index contributed by atoms with van der Waals surface area (Å²) in [6.45, 7) is 7.69. The molecule has 0 radical (unpaired) electrons. The van der Waals surface area contributed by atoms with Gasteiger partial charge in [-0.05, 0) is 31.7 Å². The molecule has 28 heavy (non-hydrogen) atoms. The van der Waals surface area contributed by atoms with Crippen molar-refractivity contribution < 1.29 is 14.6 Å². The number of para-hydroxylation sites is 1. The molecule has 1 fully saturated rings. The molecule has 6 heteroatoms. The summed E-state index contributed by atoms with van der Waals surface area (Å²) in [5.41, 5.74) is 2.40. The average Bonchev–Trinajstić information content (AvgIpc) is 3.33. The van der Waals surface area contributed by atoms with Crippen LogP contribution < -0.4 is 4.90 Å². The van der Waals surface area contributed by atoms with Gasteiger partial charge in [-0.15, -0.1) is 0 Å². The zero-order valence-electron chi connectivity index (χ0n) is 16.9. The van der Waals surface area contributed by atoms with E-state index in [0.717, 1.165) is 29.7 Å². The second-order valence-corrected chi connectivity index (χ2v) is 8.23. The van der Waals surface area contributed by atoms with Crippen molar-refractivity contribution in [3.8, 4) is 0 Å². The van der Waals surface area contributed by atoms with Crippen molar-refractivity contribution in [3.63, 3.8) is 0 Å². The van der Waals surface area contributed by atoms with E-state index in [2.05, 4.69) is 18.9 Å². The van der Waals surface area contributed by atoms with Gasteiger partial charge in [-0.2, -0.15) is 5.10 Å². The molecule has 1 N–H and O–H groups in total. The first-order chi connectivity index (χ1) is 13.5. The Labute approximate surface area is 166 Å². The topological polar surface area (TPSA) is 67.6 Å². The second kappa shape index (κ2) is 7.33. The Kier molecular flexibility index (Phi) is 5.02. The number of nitrogens with zero attached hydrogens (tertiary/aromatic N) is 3. The maximum absolute atomic E-state index is 13.4. The van der Waals surface area contributed by atoms with Gasteiger partial charge < -0.3 is 14.7 Å². The normalized spacial score (nSPS) is 23.3. The summed E-state index contributed by atoms with van der Waals surface area (Å²) in [7, 11) is 0. The Morgan fingerprint density at radius 2 is 2.18 bits per heavy atom. The van der Waals surface area contributed by atoms with Crippen LogP contribution in [-0.4, -0.2) is 40.0 Å². The van der Waals surface area contributed by atoms with Crippen LogP contribution in [0.3, 0.4) is 0 Å². The molecule has 2 aliphatic heterocycles. The highest BCUT2D eigenvalue weighted by atomic mass is 16.5. The Balaban J connectivity index is 1.63. The van der Waals surface area contributed by atoms with Crippen molar-refractivity contribution in [2.45, 2.75) is 58.4 Å². The maximum Gasteiger partial charge on any atom is 0.200 e. The number of aromatic nitrogens is 2. The van der Waals surface area contributed by atoms with Gasteiger partial charge in [0.15, 0.2) is 12.0 Å². The van der Waals surface area contributed by atoms with Gasteiger partial charge in [0, 0.05) is 29.8 Å². The third-order valence-electron chi connectivity index (χ3n) is 5.91. The van der Waals surface area contributed by atoms with E-state index in [-0.39, 0.29) is 12.3 Å². The molecule has 4 rings (SSSR count). The smallest absolute Gasteiger partial charge is 0.200 e. The molecule has 1 saturated heterocycles. The number of Topliss-reactive ketones (excluding diaryl/α,β-unsaturated/α-hetero) is 1. The summed E-state index contributed by atoms with van der Waals surface area (Å²) in [6, 6.07) is 7.75. The van der Waals surface area contributed by atoms with Crippen LogP contribution in [0.2, 0.25) is 0 Å². The number of rotatable bonds is 7. The lowest BCUT2D eigenvalue weighted by atomic mass is 9.93. The number of ketones is 1. The van der Waals surface area contributed by atoms with Crippen LogP contribution in [0.4, 0.5) is 5.69 Å². The van der Waals surface area contributed by atoms with E-state index in [0.29, 0.717) is 31.2 Å². The van der Waals surface area contributed by atoms with Gasteiger partial charge in [-0.1, -0.05) is 32.0 Å². The SMILES string of the molecule is CCn1ncc(CCC(C)C)c1C(=O)CN1c2ccccc2[C@]2(O)CCO[C@H]12. The maximum atomic E-state index is 13.4. The van der Waals surface area contributed by atoms with Gasteiger partial charge >= 0.3 is 0 Å². The number of aryl methyl sites for hydroxylation is 2. The molecule has 2 aromatic rings. The summed E-state index contributed by atoms with van der Waals surface area (Å²) in [4.78, 5) is 15.3. The van der Waals surface area contributed by atoms with Crippen molar-refractivity contribution >= 4 is 11.5 Å². The molecule has 6 nitrogen and oxygen atoms in total. The minimum atomic E-state index is -1.04. The van der Waals surface area contributed by atoms with Gasteiger partial charge in [-0.3, -0.25) is 9.48 Å². The number of anilines is 1. The number of carbonyl (C=O) groups excluding carboxylic acids is 1. The number of fused-ring (bicyclic) bond motifs is 3. The minimum Gasteiger partial charge on any atom is -0.380 e. The highest BCUT2D eigenvalue weighted by Crippen LogP contribution is 2.49. The van der Waals surface area contributed by atoms with Crippen molar-refractivity contribution in [2.75, 3.05) is 18.1 Å². The number of ether oxygens (including phenoxy) is 1. The fourth-order valence-electron chi connectivity index (χ4n) is 4.43. The van der Waals surface area contributed by atoms with E-state index < -0.39 is 11.8 Å². The van der Waals surface area contributed by atoms with Gasteiger partial charge in [-0.25, -0.2) is 0 Å².